The van der Waals surface area contributed by atoms with Crippen LogP contribution in [0.1, 0.15) is 11.1 Å². The molecule has 5 heteroatoms. The zero-order chi connectivity index (χ0) is 20.0. The number of halogens is 2. The van der Waals surface area contributed by atoms with Gasteiger partial charge in [-0.05, 0) is 23.3 Å². The summed E-state index contributed by atoms with van der Waals surface area (Å²) in [5.74, 6) is 0.299. The second-order valence-corrected chi connectivity index (χ2v) is 8.03. The van der Waals surface area contributed by atoms with Gasteiger partial charge in [0.2, 0.25) is 0 Å². The predicted molar refractivity (Wildman–Crippen MR) is 115 cm³/mol. The van der Waals surface area contributed by atoms with Crippen LogP contribution in [0.4, 0.5) is 10.1 Å². The van der Waals surface area contributed by atoms with Crippen LogP contribution in [0.5, 0.6) is 5.75 Å². The van der Waals surface area contributed by atoms with Gasteiger partial charge in [0.25, 0.3) is 0 Å². The lowest BCUT2D eigenvalue weighted by Gasteiger charge is -2.45. The van der Waals surface area contributed by atoms with E-state index in [1.54, 1.807) is 13.2 Å². The molecule has 1 unspecified atom stereocenters. The molecule has 3 aromatic rings. The molecule has 2 aliphatic rings. The number of benzene rings is 3. The van der Waals surface area contributed by atoms with Crippen molar-refractivity contribution in [3.63, 3.8) is 0 Å². The zero-order valence-corrected chi connectivity index (χ0v) is 17.0. The Bertz CT molecular complexity index is 1070. The first-order valence-electron chi connectivity index (χ1n) is 9.84. The Hall–Kier alpha value is -2.56. The van der Waals surface area contributed by atoms with Gasteiger partial charge in [-0.25, -0.2) is 4.39 Å². The van der Waals surface area contributed by atoms with Crippen molar-refractivity contribution < 1.29 is 9.13 Å². The van der Waals surface area contributed by atoms with Crippen LogP contribution in [0.2, 0.25) is 5.02 Å². The highest BCUT2D eigenvalue weighted by molar-refractivity contribution is 6.34. The fraction of sp³-hybridized carbons (Fsp3) is 0.250. The van der Waals surface area contributed by atoms with E-state index in [1.165, 1.54) is 5.56 Å². The van der Waals surface area contributed by atoms with Gasteiger partial charge in [0.15, 0.2) is 0 Å². The van der Waals surface area contributed by atoms with Crippen LogP contribution in [0.15, 0.2) is 60.7 Å². The van der Waals surface area contributed by atoms with Gasteiger partial charge in [-0.3, -0.25) is 0 Å². The quantitative estimate of drug-likeness (QED) is 0.658. The van der Waals surface area contributed by atoms with Gasteiger partial charge >= 0.3 is 0 Å². The summed E-state index contributed by atoms with van der Waals surface area (Å²) in [6, 6.07) is 19.8. The summed E-state index contributed by atoms with van der Waals surface area (Å²) >= 11 is 6.56. The maximum Gasteiger partial charge on any atom is 0.144 e. The smallest absolute Gasteiger partial charge is 0.144 e. The molecule has 2 aliphatic heterocycles. The average Bonchev–Trinajstić information content (AvgIpc) is 3.10. The molecule has 0 spiro atoms. The van der Waals surface area contributed by atoms with Gasteiger partial charge in [0.1, 0.15) is 11.6 Å². The lowest BCUT2D eigenvalue weighted by molar-refractivity contribution is 0.350. The molecule has 0 saturated carbocycles. The number of nitrogens with one attached hydrogen (secondary N) is 1. The fourth-order valence-corrected chi connectivity index (χ4v) is 5.18. The molecule has 1 fully saturated rings. The molecule has 0 aliphatic carbocycles. The van der Waals surface area contributed by atoms with Crippen LogP contribution in [-0.4, -0.2) is 26.7 Å². The van der Waals surface area contributed by atoms with E-state index in [-0.39, 0.29) is 10.6 Å². The molecule has 1 saturated heterocycles. The number of nitrogens with zero attached hydrogens (tertiary/aromatic N) is 1. The van der Waals surface area contributed by atoms with Crippen LogP contribution in [-0.2, 0) is 12.0 Å². The minimum atomic E-state index is -0.395. The van der Waals surface area contributed by atoms with Crippen molar-refractivity contribution in [1.29, 1.82) is 0 Å². The van der Waals surface area contributed by atoms with Gasteiger partial charge in [-0.1, -0.05) is 60.1 Å². The van der Waals surface area contributed by atoms with Crippen LogP contribution < -0.4 is 15.0 Å². The molecular formula is C24H22ClFN2O. The van der Waals surface area contributed by atoms with Crippen molar-refractivity contribution in [3.8, 4) is 16.9 Å². The van der Waals surface area contributed by atoms with E-state index in [1.807, 2.05) is 30.3 Å². The summed E-state index contributed by atoms with van der Waals surface area (Å²) in [6.07, 6.45) is 0.757. The molecule has 1 N–H and O–H groups in total. The lowest BCUT2D eigenvalue weighted by Crippen LogP contribution is -2.57. The highest BCUT2D eigenvalue weighted by Gasteiger charge is 2.48. The van der Waals surface area contributed by atoms with Crippen LogP contribution >= 0.6 is 11.6 Å². The van der Waals surface area contributed by atoms with E-state index < -0.39 is 5.82 Å². The SMILES string of the molecule is COc1ccccc1-c1c(Cl)c(F)cc2c1CC1(c3ccccc3)CNCCN21. The van der Waals surface area contributed by atoms with Gasteiger partial charge in [-0.2, -0.15) is 0 Å². The van der Waals surface area contributed by atoms with Gasteiger partial charge in [0, 0.05) is 42.9 Å². The van der Waals surface area contributed by atoms with E-state index in [0.29, 0.717) is 5.75 Å². The Kier molecular flexibility index (Phi) is 4.49. The third kappa shape index (κ3) is 2.74. The molecule has 3 nitrogen and oxygen atoms in total. The predicted octanol–water partition coefficient (Wildman–Crippen LogP) is 5.02. The molecule has 3 aromatic carbocycles. The molecular weight excluding hydrogens is 387 g/mol. The van der Waals surface area contributed by atoms with E-state index >= 15 is 4.39 Å². The molecule has 0 aromatic heterocycles. The second-order valence-electron chi connectivity index (χ2n) is 7.65. The number of para-hydroxylation sites is 1. The van der Waals surface area contributed by atoms with Crippen molar-refractivity contribution >= 4 is 17.3 Å². The molecule has 5 rings (SSSR count). The molecule has 2 heterocycles. The monoisotopic (exact) mass is 408 g/mol. The maximum atomic E-state index is 15.0. The number of fused-ring (bicyclic) bond motifs is 3. The van der Waals surface area contributed by atoms with Gasteiger partial charge < -0.3 is 15.0 Å². The largest absolute Gasteiger partial charge is 0.496 e. The first-order chi connectivity index (χ1) is 14.2. The van der Waals surface area contributed by atoms with E-state index in [2.05, 4.69) is 34.5 Å². The number of ether oxygens (including phenoxy) is 1. The number of rotatable bonds is 3. The Balaban J connectivity index is 1.77. The molecule has 29 heavy (non-hydrogen) atoms. The summed E-state index contributed by atoms with van der Waals surface area (Å²) in [6.45, 7) is 2.48. The average molecular weight is 409 g/mol. The third-order valence-corrected chi connectivity index (χ3v) is 6.57. The summed E-state index contributed by atoms with van der Waals surface area (Å²) in [5, 5.41) is 3.70. The molecule has 0 amide bonds. The Morgan fingerprint density at radius 3 is 2.66 bits per heavy atom. The minimum absolute atomic E-state index is 0.157. The first-order valence-corrected chi connectivity index (χ1v) is 10.2. The van der Waals surface area contributed by atoms with Crippen LogP contribution in [0, 0.1) is 5.82 Å². The van der Waals surface area contributed by atoms with E-state index in [0.717, 1.165) is 48.4 Å². The molecule has 1 atom stereocenters. The van der Waals surface area contributed by atoms with Gasteiger partial charge in [-0.15, -0.1) is 0 Å². The highest BCUT2D eigenvalue weighted by atomic mass is 35.5. The Labute approximate surface area is 175 Å². The fourth-order valence-electron chi connectivity index (χ4n) is 4.91. The summed E-state index contributed by atoms with van der Waals surface area (Å²) in [7, 11) is 1.63. The van der Waals surface area contributed by atoms with Gasteiger partial charge in [0.05, 0.1) is 17.7 Å². The number of anilines is 1. The van der Waals surface area contributed by atoms with Crippen molar-refractivity contribution in [2.75, 3.05) is 31.6 Å². The van der Waals surface area contributed by atoms with Crippen molar-refractivity contribution in [2.45, 2.75) is 12.0 Å². The summed E-state index contributed by atoms with van der Waals surface area (Å²) < 4.78 is 20.6. The van der Waals surface area contributed by atoms with Crippen molar-refractivity contribution in [2.24, 2.45) is 0 Å². The number of piperazine rings is 1. The number of methoxy groups -OCH3 is 1. The molecule has 148 valence electrons. The third-order valence-electron chi connectivity index (χ3n) is 6.20. The van der Waals surface area contributed by atoms with Crippen molar-refractivity contribution in [1.82, 2.24) is 5.32 Å². The normalized spacial score (nSPS) is 20.3. The molecule has 0 bridgehead atoms. The van der Waals surface area contributed by atoms with Crippen LogP contribution in [0.25, 0.3) is 11.1 Å². The number of hydrogen-bond acceptors (Lipinski definition) is 3. The number of hydrogen-bond donors (Lipinski definition) is 1. The Morgan fingerprint density at radius 2 is 1.86 bits per heavy atom. The summed E-state index contributed by atoms with van der Waals surface area (Å²) in [4.78, 5) is 2.35. The van der Waals surface area contributed by atoms with Crippen molar-refractivity contribution in [3.05, 3.63) is 82.6 Å². The van der Waals surface area contributed by atoms with Crippen LogP contribution in [0.3, 0.4) is 0 Å². The molecule has 0 radical (unpaired) electrons. The second kappa shape index (κ2) is 7.05. The summed E-state index contributed by atoms with van der Waals surface area (Å²) in [5.41, 5.74) is 4.54. The highest BCUT2D eigenvalue weighted by Crippen LogP contribution is 2.52. The van der Waals surface area contributed by atoms with E-state index in [9.17, 15) is 0 Å². The topological polar surface area (TPSA) is 24.5 Å². The minimum Gasteiger partial charge on any atom is -0.496 e. The Morgan fingerprint density at radius 1 is 1.10 bits per heavy atom. The standard InChI is InChI=1S/C24H22ClFN2O/c1-29-21-10-6-5-9-17(21)22-18-14-24(16-7-3-2-4-8-16)15-27-11-12-28(24)20(18)13-19(26)23(22)25/h2-10,13,27H,11-12,14-15H2,1H3. The lowest BCUT2D eigenvalue weighted by atomic mass is 9.83. The van der Waals surface area contributed by atoms with E-state index in [4.69, 9.17) is 16.3 Å². The zero-order valence-electron chi connectivity index (χ0n) is 16.2. The first kappa shape index (κ1) is 18.5. The maximum absolute atomic E-state index is 15.0.